The second-order valence-electron chi connectivity index (χ2n) is 4.90. The van der Waals surface area contributed by atoms with E-state index in [9.17, 15) is 4.79 Å². The van der Waals surface area contributed by atoms with Crippen molar-refractivity contribution in [1.29, 1.82) is 0 Å². The van der Waals surface area contributed by atoms with E-state index in [-0.39, 0.29) is 11.9 Å². The summed E-state index contributed by atoms with van der Waals surface area (Å²) in [7, 11) is 0. The molecular weight excluding hydrogens is 258 g/mol. The molecule has 1 aliphatic rings. The first-order chi connectivity index (χ1) is 9.20. The molecule has 0 aromatic carbocycles. The topological polar surface area (TPSA) is 44.4 Å². The number of nitrogens with zero attached hydrogens (tertiary/aromatic N) is 1. The average molecular weight is 281 g/mol. The van der Waals surface area contributed by atoms with Gasteiger partial charge < -0.3 is 10.6 Å². The molecule has 1 aromatic rings. The number of hydrogen-bond donors (Lipinski definition) is 2. The minimum atomic E-state index is -0.0345. The van der Waals surface area contributed by atoms with Gasteiger partial charge in [-0.2, -0.15) is 0 Å². The molecule has 1 saturated heterocycles. The van der Waals surface area contributed by atoms with Gasteiger partial charge in [-0.25, -0.2) is 0 Å². The Labute approximate surface area is 119 Å². The highest BCUT2D eigenvalue weighted by atomic mass is 32.1. The second-order valence-corrected chi connectivity index (χ2v) is 6.15. The van der Waals surface area contributed by atoms with Crippen LogP contribution in [0.2, 0.25) is 0 Å². The van der Waals surface area contributed by atoms with Gasteiger partial charge in [-0.15, -0.1) is 11.3 Å². The van der Waals surface area contributed by atoms with Crippen molar-refractivity contribution in [3.8, 4) is 0 Å². The summed E-state index contributed by atoms with van der Waals surface area (Å²) in [6, 6.07) is 4.22. The molecule has 5 heteroatoms. The van der Waals surface area contributed by atoms with Gasteiger partial charge in [0, 0.05) is 35.9 Å². The molecule has 1 atom stereocenters. The van der Waals surface area contributed by atoms with Gasteiger partial charge in [0.1, 0.15) is 0 Å². The minimum Gasteiger partial charge on any atom is -0.350 e. The van der Waals surface area contributed by atoms with E-state index in [0.717, 1.165) is 32.6 Å². The van der Waals surface area contributed by atoms with Crippen molar-refractivity contribution in [2.24, 2.45) is 0 Å². The number of hydrogen-bond acceptors (Lipinski definition) is 4. The van der Waals surface area contributed by atoms with E-state index in [1.807, 2.05) is 6.92 Å². The summed E-state index contributed by atoms with van der Waals surface area (Å²) in [6.45, 7) is 8.65. The first-order valence-electron chi connectivity index (χ1n) is 7.00. The zero-order valence-corrected chi connectivity index (χ0v) is 12.6. The number of thiophene rings is 1. The van der Waals surface area contributed by atoms with Crippen LogP contribution in [-0.4, -0.2) is 43.0 Å². The second kappa shape index (κ2) is 7.03. The monoisotopic (exact) mass is 281 g/mol. The van der Waals surface area contributed by atoms with Crippen molar-refractivity contribution in [1.82, 2.24) is 15.5 Å². The largest absolute Gasteiger partial charge is 0.350 e. The molecule has 106 valence electrons. The van der Waals surface area contributed by atoms with Crippen LogP contribution >= 0.6 is 11.3 Å². The number of carbonyl (C=O) groups is 1. The highest BCUT2D eigenvalue weighted by molar-refractivity contribution is 7.11. The van der Waals surface area contributed by atoms with Crippen LogP contribution in [0.1, 0.15) is 23.6 Å². The lowest BCUT2D eigenvalue weighted by Gasteiger charge is -2.31. The Kier molecular flexibility index (Phi) is 5.36. The third-order valence-corrected chi connectivity index (χ3v) is 4.81. The van der Waals surface area contributed by atoms with E-state index in [2.05, 4.69) is 34.6 Å². The fourth-order valence-electron chi connectivity index (χ4n) is 2.26. The third-order valence-electron chi connectivity index (χ3n) is 3.58. The van der Waals surface area contributed by atoms with Crippen molar-refractivity contribution in [2.75, 3.05) is 26.2 Å². The molecule has 4 nitrogen and oxygen atoms in total. The van der Waals surface area contributed by atoms with Crippen LogP contribution in [0.3, 0.4) is 0 Å². The smallest absolute Gasteiger partial charge is 0.237 e. The summed E-state index contributed by atoms with van der Waals surface area (Å²) < 4.78 is 0. The Bertz CT molecular complexity index is 413. The van der Waals surface area contributed by atoms with E-state index in [4.69, 9.17) is 0 Å². The first-order valence-corrected chi connectivity index (χ1v) is 7.82. The van der Waals surface area contributed by atoms with E-state index >= 15 is 0 Å². The maximum atomic E-state index is 12.1. The lowest BCUT2D eigenvalue weighted by molar-refractivity contribution is -0.126. The number of aryl methyl sites for hydroxylation is 1. The van der Waals surface area contributed by atoms with Gasteiger partial charge >= 0.3 is 0 Å². The molecule has 2 heterocycles. The van der Waals surface area contributed by atoms with Gasteiger partial charge in [-0.1, -0.05) is 6.92 Å². The van der Waals surface area contributed by atoms with Gasteiger partial charge in [-0.3, -0.25) is 9.69 Å². The number of amides is 1. The van der Waals surface area contributed by atoms with Crippen LogP contribution in [0, 0.1) is 0 Å². The molecule has 0 radical (unpaired) electrons. The highest BCUT2D eigenvalue weighted by Crippen LogP contribution is 2.16. The SMILES string of the molecule is CCc1ccc(CNC(=O)C(C)N2CCNCC2)s1. The molecule has 0 aliphatic carbocycles. The van der Waals surface area contributed by atoms with Crippen LogP contribution in [-0.2, 0) is 17.8 Å². The molecular formula is C14H23N3OS. The molecule has 1 amide bonds. The molecule has 2 rings (SSSR count). The van der Waals surface area contributed by atoms with Crippen molar-refractivity contribution in [3.63, 3.8) is 0 Å². The summed E-state index contributed by atoms with van der Waals surface area (Å²) in [6.07, 6.45) is 1.07. The number of piperazine rings is 1. The third kappa shape index (κ3) is 4.03. The molecule has 1 unspecified atom stereocenters. The standard InChI is InChI=1S/C14H23N3OS/c1-3-12-4-5-13(19-12)10-16-14(18)11(2)17-8-6-15-7-9-17/h4-5,11,15H,3,6-10H2,1-2H3,(H,16,18). The van der Waals surface area contributed by atoms with E-state index < -0.39 is 0 Å². The zero-order chi connectivity index (χ0) is 13.7. The average Bonchev–Trinajstić information content (AvgIpc) is 2.93. The Morgan fingerprint density at radius 2 is 2.11 bits per heavy atom. The summed E-state index contributed by atoms with van der Waals surface area (Å²) in [4.78, 5) is 17.0. The molecule has 0 saturated carbocycles. The predicted octanol–water partition coefficient (Wildman–Crippen LogP) is 1.22. The summed E-state index contributed by atoms with van der Waals surface area (Å²) in [5, 5.41) is 6.35. The van der Waals surface area contributed by atoms with Crippen LogP contribution in [0.5, 0.6) is 0 Å². The van der Waals surface area contributed by atoms with Crippen molar-refractivity contribution in [3.05, 3.63) is 21.9 Å². The van der Waals surface area contributed by atoms with Gasteiger partial charge in [0.2, 0.25) is 5.91 Å². The van der Waals surface area contributed by atoms with Crippen molar-refractivity contribution < 1.29 is 4.79 Å². The molecule has 1 fully saturated rings. The maximum Gasteiger partial charge on any atom is 0.237 e. The van der Waals surface area contributed by atoms with Crippen LogP contribution in [0.25, 0.3) is 0 Å². The summed E-state index contributed by atoms with van der Waals surface area (Å²) in [5.74, 6) is 0.133. The molecule has 1 aliphatic heterocycles. The Hall–Kier alpha value is -0.910. The molecule has 19 heavy (non-hydrogen) atoms. The minimum absolute atomic E-state index is 0.0345. The predicted molar refractivity (Wildman–Crippen MR) is 79.4 cm³/mol. The first kappa shape index (κ1) is 14.5. The quantitative estimate of drug-likeness (QED) is 0.853. The molecule has 2 N–H and O–H groups in total. The highest BCUT2D eigenvalue weighted by Gasteiger charge is 2.22. The van der Waals surface area contributed by atoms with E-state index in [1.54, 1.807) is 11.3 Å². The number of carbonyl (C=O) groups excluding carboxylic acids is 1. The number of rotatable bonds is 5. The van der Waals surface area contributed by atoms with Gasteiger partial charge in [0.15, 0.2) is 0 Å². The van der Waals surface area contributed by atoms with Crippen molar-refractivity contribution in [2.45, 2.75) is 32.9 Å². The fourth-order valence-corrected chi connectivity index (χ4v) is 3.16. The lowest BCUT2D eigenvalue weighted by atomic mass is 10.2. The molecule has 0 bridgehead atoms. The number of nitrogens with one attached hydrogen (secondary N) is 2. The maximum absolute atomic E-state index is 12.1. The fraction of sp³-hybridized carbons (Fsp3) is 0.643. The van der Waals surface area contributed by atoms with E-state index in [1.165, 1.54) is 9.75 Å². The molecule has 1 aromatic heterocycles. The van der Waals surface area contributed by atoms with Crippen LogP contribution < -0.4 is 10.6 Å². The van der Waals surface area contributed by atoms with Crippen LogP contribution in [0.4, 0.5) is 0 Å². The zero-order valence-electron chi connectivity index (χ0n) is 11.7. The van der Waals surface area contributed by atoms with Gasteiger partial charge in [-0.05, 0) is 25.5 Å². The van der Waals surface area contributed by atoms with Gasteiger partial charge in [0.25, 0.3) is 0 Å². The van der Waals surface area contributed by atoms with E-state index in [0.29, 0.717) is 6.54 Å². The summed E-state index contributed by atoms with van der Waals surface area (Å²) >= 11 is 1.78. The Morgan fingerprint density at radius 3 is 2.74 bits per heavy atom. The summed E-state index contributed by atoms with van der Waals surface area (Å²) in [5.41, 5.74) is 0. The molecule has 0 spiro atoms. The van der Waals surface area contributed by atoms with Gasteiger partial charge in [0.05, 0.1) is 12.6 Å². The van der Waals surface area contributed by atoms with Crippen LogP contribution in [0.15, 0.2) is 12.1 Å². The van der Waals surface area contributed by atoms with Crippen molar-refractivity contribution >= 4 is 17.2 Å². The lowest BCUT2D eigenvalue weighted by Crippen LogP contribution is -2.52. The Morgan fingerprint density at radius 1 is 1.42 bits per heavy atom. The Balaban J connectivity index is 1.79. The normalized spacial score (nSPS) is 18.2.